The van der Waals surface area contributed by atoms with Crippen LogP contribution >= 0.6 is 27.3 Å². The average molecular weight is 283 g/mol. The maximum atomic E-state index is 10.8. The molecule has 0 aliphatic heterocycles. The summed E-state index contributed by atoms with van der Waals surface area (Å²) in [5, 5.41) is 10.8. The fourth-order valence-corrected chi connectivity index (χ4v) is 2.89. The van der Waals surface area contributed by atoms with Crippen molar-refractivity contribution in [3.8, 4) is 10.4 Å². The van der Waals surface area contributed by atoms with Crippen LogP contribution in [0.15, 0.2) is 40.2 Å². The minimum Gasteiger partial charge on any atom is -0.478 e. The molecule has 1 heterocycles. The Labute approximate surface area is 99.3 Å². The number of aromatic carboxylic acids is 1. The van der Waals surface area contributed by atoms with Crippen LogP contribution in [-0.2, 0) is 0 Å². The van der Waals surface area contributed by atoms with Gasteiger partial charge in [-0.15, -0.1) is 11.3 Å². The van der Waals surface area contributed by atoms with Gasteiger partial charge in [-0.3, -0.25) is 0 Å². The van der Waals surface area contributed by atoms with Crippen molar-refractivity contribution in [1.29, 1.82) is 0 Å². The largest absolute Gasteiger partial charge is 0.478 e. The van der Waals surface area contributed by atoms with E-state index in [9.17, 15) is 4.79 Å². The van der Waals surface area contributed by atoms with Crippen LogP contribution in [0.2, 0.25) is 0 Å². The van der Waals surface area contributed by atoms with Crippen LogP contribution in [0.4, 0.5) is 0 Å². The SMILES string of the molecule is O=C(O)c1cccc(-c2sccc2Br)c1. The van der Waals surface area contributed by atoms with E-state index in [1.165, 1.54) is 0 Å². The Bertz CT molecular complexity index is 505. The van der Waals surface area contributed by atoms with E-state index >= 15 is 0 Å². The first-order chi connectivity index (χ1) is 7.18. The Morgan fingerprint density at radius 1 is 1.33 bits per heavy atom. The molecule has 2 nitrogen and oxygen atoms in total. The number of rotatable bonds is 2. The first-order valence-corrected chi connectivity index (χ1v) is 5.92. The molecule has 0 aliphatic rings. The minimum absolute atomic E-state index is 0.313. The third-order valence-corrected chi connectivity index (χ3v) is 3.88. The van der Waals surface area contributed by atoms with E-state index in [1.807, 2.05) is 17.5 Å². The van der Waals surface area contributed by atoms with Crippen molar-refractivity contribution in [2.45, 2.75) is 0 Å². The number of carboxylic acids is 1. The third-order valence-electron chi connectivity index (χ3n) is 1.99. The summed E-state index contributed by atoms with van der Waals surface area (Å²) in [6.45, 7) is 0. The lowest BCUT2D eigenvalue weighted by Gasteiger charge is -2.00. The van der Waals surface area contributed by atoms with Gasteiger partial charge >= 0.3 is 5.97 Å². The number of carbonyl (C=O) groups is 1. The van der Waals surface area contributed by atoms with E-state index in [0.717, 1.165) is 14.9 Å². The highest BCUT2D eigenvalue weighted by molar-refractivity contribution is 9.10. The van der Waals surface area contributed by atoms with Crippen LogP contribution in [0.25, 0.3) is 10.4 Å². The Morgan fingerprint density at radius 3 is 2.73 bits per heavy atom. The average Bonchev–Trinajstić information content (AvgIpc) is 2.64. The molecule has 0 spiro atoms. The lowest BCUT2D eigenvalue weighted by molar-refractivity contribution is 0.0697. The molecule has 1 aromatic carbocycles. The summed E-state index contributed by atoms with van der Waals surface area (Å²) in [6.07, 6.45) is 0. The first-order valence-electron chi connectivity index (χ1n) is 4.25. The molecule has 0 saturated carbocycles. The third kappa shape index (κ3) is 2.11. The maximum Gasteiger partial charge on any atom is 0.335 e. The standard InChI is InChI=1S/C11H7BrO2S/c12-9-4-5-15-10(9)7-2-1-3-8(6-7)11(13)14/h1-6H,(H,13,14). The monoisotopic (exact) mass is 282 g/mol. The van der Waals surface area contributed by atoms with Gasteiger partial charge in [0.05, 0.1) is 5.56 Å². The number of benzene rings is 1. The fraction of sp³-hybridized carbons (Fsp3) is 0. The zero-order chi connectivity index (χ0) is 10.8. The van der Waals surface area contributed by atoms with Crippen molar-refractivity contribution in [2.75, 3.05) is 0 Å². The summed E-state index contributed by atoms with van der Waals surface area (Å²) in [6, 6.07) is 8.88. The lowest BCUT2D eigenvalue weighted by atomic mass is 10.1. The van der Waals surface area contributed by atoms with Crippen molar-refractivity contribution in [1.82, 2.24) is 0 Å². The summed E-state index contributed by atoms with van der Waals surface area (Å²) < 4.78 is 0.995. The molecule has 2 rings (SSSR count). The smallest absolute Gasteiger partial charge is 0.335 e. The van der Waals surface area contributed by atoms with Crippen LogP contribution in [0.5, 0.6) is 0 Å². The van der Waals surface area contributed by atoms with Gasteiger partial charge in [-0.05, 0) is 45.1 Å². The summed E-state index contributed by atoms with van der Waals surface area (Å²) in [4.78, 5) is 11.9. The van der Waals surface area contributed by atoms with Gasteiger partial charge in [0, 0.05) is 9.35 Å². The Kier molecular flexibility index (Phi) is 2.88. The topological polar surface area (TPSA) is 37.3 Å². The minimum atomic E-state index is -0.899. The van der Waals surface area contributed by atoms with Crippen LogP contribution in [0.1, 0.15) is 10.4 Å². The van der Waals surface area contributed by atoms with Crippen molar-refractivity contribution in [2.24, 2.45) is 0 Å². The molecule has 0 aliphatic carbocycles. The first kappa shape index (κ1) is 10.4. The Morgan fingerprint density at radius 2 is 2.13 bits per heavy atom. The molecule has 0 amide bonds. The fourth-order valence-electron chi connectivity index (χ4n) is 1.29. The molecular weight excluding hydrogens is 276 g/mol. The molecule has 2 aromatic rings. The van der Waals surface area contributed by atoms with E-state index in [4.69, 9.17) is 5.11 Å². The second-order valence-corrected chi connectivity index (χ2v) is 4.75. The van der Waals surface area contributed by atoms with Gasteiger partial charge in [-0.1, -0.05) is 12.1 Å². The second kappa shape index (κ2) is 4.16. The van der Waals surface area contributed by atoms with E-state index in [1.54, 1.807) is 29.5 Å². The summed E-state index contributed by atoms with van der Waals surface area (Å²) in [5.41, 5.74) is 1.24. The molecule has 4 heteroatoms. The van der Waals surface area contributed by atoms with E-state index in [0.29, 0.717) is 5.56 Å². The normalized spacial score (nSPS) is 10.2. The molecule has 0 atom stereocenters. The number of hydrogen-bond acceptors (Lipinski definition) is 2. The summed E-state index contributed by atoms with van der Waals surface area (Å²) >= 11 is 5.01. The van der Waals surface area contributed by atoms with Gasteiger partial charge in [0.2, 0.25) is 0 Å². The lowest BCUT2D eigenvalue weighted by Crippen LogP contribution is -1.95. The van der Waals surface area contributed by atoms with Crippen molar-refractivity contribution in [3.63, 3.8) is 0 Å². The molecule has 0 saturated heterocycles. The van der Waals surface area contributed by atoms with Crippen molar-refractivity contribution in [3.05, 3.63) is 45.7 Å². The number of carboxylic acid groups (broad SMARTS) is 1. The highest BCUT2D eigenvalue weighted by Crippen LogP contribution is 2.33. The van der Waals surface area contributed by atoms with Gasteiger partial charge < -0.3 is 5.11 Å². The van der Waals surface area contributed by atoms with Crippen LogP contribution in [0.3, 0.4) is 0 Å². The van der Waals surface area contributed by atoms with Crippen molar-refractivity contribution < 1.29 is 9.90 Å². The Balaban J connectivity index is 2.50. The highest BCUT2D eigenvalue weighted by atomic mass is 79.9. The van der Waals surface area contributed by atoms with Crippen LogP contribution < -0.4 is 0 Å². The predicted octanol–water partition coefficient (Wildman–Crippen LogP) is 3.88. The second-order valence-electron chi connectivity index (χ2n) is 2.98. The Hall–Kier alpha value is -1.13. The van der Waals surface area contributed by atoms with E-state index in [-0.39, 0.29) is 0 Å². The molecule has 1 aromatic heterocycles. The van der Waals surface area contributed by atoms with Crippen molar-refractivity contribution >= 4 is 33.2 Å². The zero-order valence-corrected chi connectivity index (χ0v) is 10.0. The molecule has 0 fully saturated rings. The zero-order valence-electron chi connectivity index (χ0n) is 7.61. The molecule has 15 heavy (non-hydrogen) atoms. The maximum absolute atomic E-state index is 10.8. The summed E-state index contributed by atoms with van der Waals surface area (Å²) in [5.74, 6) is -0.899. The molecular formula is C11H7BrO2S. The molecule has 1 N–H and O–H groups in total. The van der Waals surface area contributed by atoms with Crippen LogP contribution in [0, 0.1) is 0 Å². The molecule has 0 bridgehead atoms. The summed E-state index contributed by atoms with van der Waals surface area (Å²) in [7, 11) is 0. The van der Waals surface area contributed by atoms with Gasteiger partial charge in [0.1, 0.15) is 0 Å². The molecule has 76 valence electrons. The molecule has 0 radical (unpaired) electrons. The number of hydrogen-bond donors (Lipinski definition) is 1. The number of thiophene rings is 1. The number of halogens is 1. The van der Waals surface area contributed by atoms with Gasteiger partial charge in [-0.25, -0.2) is 4.79 Å². The van der Waals surface area contributed by atoms with Gasteiger partial charge in [0.25, 0.3) is 0 Å². The molecule has 0 unspecified atom stereocenters. The van der Waals surface area contributed by atoms with Crippen LogP contribution in [-0.4, -0.2) is 11.1 Å². The van der Waals surface area contributed by atoms with Gasteiger partial charge in [-0.2, -0.15) is 0 Å². The van der Waals surface area contributed by atoms with E-state index in [2.05, 4.69) is 15.9 Å². The quantitative estimate of drug-likeness (QED) is 0.908. The predicted molar refractivity (Wildman–Crippen MR) is 64.4 cm³/mol. The van der Waals surface area contributed by atoms with Gasteiger partial charge in [0.15, 0.2) is 0 Å². The van der Waals surface area contributed by atoms with E-state index < -0.39 is 5.97 Å². The highest BCUT2D eigenvalue weighted by Gasteiger charge is 2.07.